The van der Waals surface area contributed by atoms with Crippen LogP contribution in [0.3, 0.4) is 0 Å². The monoisotopic (exact) mass is 157 g/mol. The highest BCUT2D eigenvalue weighted by Crippen LogP contribution is 1.99. The van der Waals surface area contributed by atoms with Crippen molar-refractivity contribution in [1.82, 2.24) is 5.32 Å². The molecule has 0 fully saturated rings. The molecule has 0 aromatic carbocycles. The molecular weight excluding hydrogens is 138 g/mol. The molecule has 2 heteroatoms. The summed E-state index contributed by atoms with van der Waals surface area (Å²) in [6, 6.07) is 0.321. The Hall–Kier alpha value is -0.530. The van der Waals surface area contributed by atoms with Crippen molar-refractivity contribution in [3.05, 3.63) is 0 Å². The lowest BCUT2D eigenvalue weighted by Crippen LogP contribution is -2.32. The minimum Gasteiger partial charge on any atom is -0.354 e. The average molecular weight is 157 g/mol. The predicted molar refractivity (Wildman–Crippen MR) is 47.4 cm³/mol. The molecule has 66 valence electrons. The summed E-state index contributed by atoms with van der Waals surface area (Å²) in [7, 11) is 0. The lowest BCUT2D eigenvalue weighted by Gasteiger charge is -2.12. The van der Waals surface area contributed by atoms with Gasteiger partial charge in [-0.05, 0) is 19.3 Å². The molecule has 0 aliphatic carbocycles. The summed E-state index contributed by atoms with van der Waals surface area (Å²) in [5, 5.41) is 2.92. The first-order chi connectivity index (χ1) is 5.06. The molecule has 0 aromatic rings. The molecule has 1 N–H and O–H groups in total. The Labute approximate surface area is 69.4 Å². The van der Waals surface area contributed by atoms with Gasteiger partial charge in [-0.1, -0.05) is 20.8 Å². The van der Waals surface area contributed by atoms with Crippen LogP contribution in [0.15, 0.2) is 0 Å². The fraction of sp³-hybridized carbons (Fsp3) is 0.889. The van der Waals surface area contributed by atoms with E-state index < -0.39 is 0 Å². The average Bonchev–Trinajstić information content (AvgIpc) is 1.85. The predicted octanol–water partition coefficient (Wildman–Crippen LogP) is 1.95. The maximum Gasteiger partial charge on any atom is 0.220 e. The third kappa shape index (κ3) is 5.89. The van der Waals surface area contributed by atoms with E-state index in [0.29, 0.717) is 18.4 Å². The van der Waals surface area contributed by atoms with Crippen molar-refractivity contribution in [3.63, 3.8) is 0 Å². The van der Waals surface area contributed by atoms with Gasteiger partial charge in [0.05, 0.1) is 0 Å². The molecule has 0 unspecified atom stereocenters. The van der Waals surface area contributed by atoms with Gasteiger partial charge in [0.15, 0.2) is 0 Å². The van der Waals surface area contributed by atoms with Gasteiger partial charge in [0.25, 0.3) is 0 Å². The van der Waals surface area contributed by atoms with Crippen LogP contribution in [0.25, 0.3) is 0 Å². The summed E-state index contributed by atoms with van der Waals surface area (Å²) >= 11 is 0. The Balaban J connectivity index is 3.52. The van der Waals surface area contributed by atoms with Gasteiger partial charge in [-0.2, -0.15) is 0 Å². The number of carbonyl (C=O) groups excluding carboxylic acids is 1. The van der Waals surface area contributed by atoms with Crippen molar-refractivity contribution < 1.29 is 4.79 Å². The van der Waals surface area contributed by atoms with Gasteiger partial charge < -0.3 is 5.32 Å². The normalized spacial score (nSPS) is 13.2. The first-order valence-corrected chi connectivity index (χ1v) is 4.35. The van der Waals surface area contributed by atoms with Crippen LogP contribution < -0.4 is 5.32 Å². The van der Waals surface area contributed by atoms with Crippen molar-refractivity contribution >= 4 is 5.91 Å². The first-order valence-electron chi connectivity index (χ1n) is 4.35. The minimum atomic E-state index is 0.175. The van der Waals surface area contributed by atoms with Crippen LogP contribution in [-0.2, 0) is 4.79 Å². The minimum absolute atomic E-state index is 0.175. The maximum atomic E-state index is 11.1. The third-order valence-corrected chi connectivity index (χ3v) is 1.61. The fourth-order valence-electron chi connectivity index (χ4n) is 0.807. The van der Waals surface area contributed by atoms with Crippen LogP contribution in [0.2, 0.25) is 0 Å². The second-order valence-electron chi connectivity index (χ2n) is 3.47. The van der Waals surface area contributed by atoms with E-state index in [0.717, 1.165) is 6.42 Å². The van der Waals surface area contributed by atoms with E-state index in [2.05, 4.69) is 26.1 Å². The number of hydrogen-bond acceptors (Lipinski definition) is 1. The number of nitrogens with one attached hydrogen (secondary N) is 1. The van der Waals surface area contributed by atoms with Crippen molar-refractivity contribution in [2.45, 2.75) is 46.6 Å². The quantitative estimate of drug-likeness (QED) is 0.664. The highest BCUT2D eigenvalue weighted by atomic mass is 16.1. The molecule has 0 heterocycles. The third-order valence-electron chi connectivity index (χ3n) is 1.61. The summed E-state index contributed by atoms with van der Waals surface area (Å²) in [5.41, 5.74) is 0. The summed E-state index contributed by atoms with van der Waals surface area (Å²) in [5.74, 6) is 0.633. The summed E-state index contributed by atoms with van der Waals surface area (Å²) in [4.78, 5) is 11.1. The van der Waals surface area contributed by atoms with Gasteiger partial charge >= 0.3 is 0 Å². The smallest absolute Gasteiger partial charge is 0.220 e. The van der Waals surface area contributed by atoms with Crippen LogP contribution in [0, 0.1) is 5.92 Å². The van der Waals surface area contributed by atoms with E-state index in [1.165, 1.54) is 0 Å². The molecule has 0 aliphatic rings. The van der Waals surface area contributed by atoms with Crippen molar-refractivity contribution in [1.29, 1.82) is 0 Å². The van der Waals surface area contributed by atoms with Crippen LogP contribution in [0.4, 0.5) is 0 Å². The maximum absolute atomic E-state index is 11.1. The Morgan fingerprint density at radius 2 is 1.91 bits per heavy atom. The SMILES string of the molecule is CC[C@@H](C)NC(=O)CC(C)C. The van der Waals surface area contributed by atoms with E-state index in [-0.39, 0.29) is 5.91 Å². The topological polar surface area (TPSA) is 29.1 Å². The van der Waals surface area contributed by atoms with Gasteiger partial charge in [0, 0.05) is 12.5 Å². The highest BCUT2D eigenvalue weighted by molar-refractivity contribution is 5.76. The zero-order valence-electron chi connectivity index (χ0n) is 7.98. The Morgan fingerprint density at radius 3 is 2.27 bits per heavy atom. The van der Waals surface area contributed by atoms with E-state index in [1.54, 1.807) is 0 Å². The standard InChI is InChI=1S/C9H19NO/c1-5-8(4)10-9(11)6-7(2)3/h7-8H,5-6H2,1-4H3,(H,10,11)/t8-/m1/s1. The molecule has 11 heavy (non-hydrogen) atoms. The number of amides is 1. The van der Waals surface area contributed by atoms with Crippen LogP contribution in [0.1, 0.15) is 40.5 Å². The number of hydrogen-bond donors (Lipinski definition) is 1. The van der Waals surface area contributed by atoms with Crippen LogP contribution in [-0.4, -0.2) is 11.9 Å². The molecule has 0 spiro atoms. The molecule has 1 atom stereocenters. The molecule has 0 saturated carbocycles. The fourth-order valence-corrected chi connectivity index (χ4v) is 0.807. The van der Waals surface area contributed by atoms with Crippen LogP contribution >= 0.6 is 0 Å². The van der Waals surface area contributed by atoms with Gasteiger partial charge in [0.1, 0.15) is 0 Å². The first kappa shape index (κ1) is 10.5. The zero-order valence-corrected chi connectivity index (χ0v) is 7.98. The van der Waals surface area contributed by atoms with E-state index in [1.807, 2.05) is 6.92 Å². The summed E-state index contributed by atoms with van der Waals surface area (Å²) in [6.07, 6.45) is 1.65. The van der Waals surface area contributed by atoms with Crippen LogP contribution in [0.5, 0.6) is 0 Å². The zero-order chi connectivity index (χ0) is 8.85. The van der Waals surface area contributed by atoms with Gasteiger partial charge in [-0.3, -0.25) is 4.79 Å². The molecule has 0 bridgehead atoms. The largest absolute Gasteiger partial charge is 0.354 e. The van der Waals surface area contributed by atoms with E-state index in [9.17, 15) is 4.79 Å². The molecule has 0 aromatic heterocycles. The number of rotatable bonds is 4. The van der Waals surface area contributed by atoms with E-state index >= 15 is 0 Å². The second kappa shape index (κ2) is 5.16. The molecule has 1 amide bonds. The molecule has 0 aliphatic heterocycles. The van der Waals surface area contributed by atoms with Crippen molar-refractivity contribution in [2.75, 3.05) is 0 Å². The highest BCUT2D eigenvalue weighted by Gasteiger charge is 2.06. The van der Waals surface area contributed by atoms with Crippen molar-refractivity contribution in [2.24, 2.45) is 5.92 Å². The van der Waals surface area contributed by atoms with Gasteiger partial charge in [-0.25, -0.2) is 0 Å². The van der Waals surface area contributed by atoms with Crippen molar-refractivity contribution in [3.8, 4) is 0 Å². The summed E-state index contributed by atoms with van der Waals surface area (Å²) < 4.78 is 0. The molecule has 0 saturated heterocycles. The Morgan fingerprint density at radius 1 is 1.36 bits per heavy atom. The van der Waals surface area contributed by atoms with Gasteiger partial charge in [0.2, 0.25) is 5.91 Å². The molecule has 0 rings (SSSR count). The lowest BCUT2D eigenvalue weighted by atomic mass is 10.1. The Bertz CT molecular complexity index is 121. The molecule has 0 radical (unpaired) electrons. The van der Waals surface area contributed by atoms with E-state index in [4.69, 9.17) is 0 Å². The summed E-state index contributed by atoms with van der Waals surface area (Å²) in [6.45, 7) is 8.20. The number of carbonyl (C=O) groups is 1. The molecular formula is C9H19NO. The molecule has 2 nitrogen and oxygen atoms in total. The lowest BCUT2D eigenvalue weighted by molar-refractivity contribution is -0.122. The Kier molecular flexibility index (Phi) is 4.92. The van der Waals surface area contributed by atoms with Gasteiger partial charge in [-0.15, -0.1) is 0 Å². The second-order valence-corrected chi connectivity index (χ2v) is 3.47.